The van der Waals surface area contributed by atoms with Gasteiger partial charge in [-0.3, -0.25) is 4.99 Å². The number of benzene rings is 2. The average Bonchev–Trinajstić information content (AvgIpc) is 2.39. The van der Waals surface area contributed by atoms with Gasteiger partial charge in [0, 0.05) is 5.56 Å². The third kappa shape index (κ3) is 2.61. The van der Waals surface area contributed by atoms with E-state index in [-0.39, 0.29) is 24.3 Å². The van der Waals surface area contributed by atoms with Crippen molar-refractivity contribution < 1.29 is 4.39 Å². The lowest BCUT2D eigenvalue weighted by Crippen LogP contribution is -2.22. The number of halogens is 2. The summed E-state index contributed by atoms with van der Waals surface area (Å²) in [5, 5.41) is 0. The lowest BCUT2D eigenvalue weighted by molar-refractivity contribution is 0.618. The third-order valence-corrected chi connectivity index (χ3v) is 3.23. The molecule has 2 aromatic rings. The molecule has 2 aromatic carbocycles. The summed E-state index contributed by atoms with van der Waals surface area (Å²) in [5.41, 5.74) is 8.99. The molecule has 2 N–H and O–H groups in total. The molecule has 0 bridgehead atoms. The molecule has 0 saturated heterocycles. The smallest absolute Gasteiger partial charge is 0.126 e. The molecule has 2 nitrogen and oxygen atoms in total. The van der Waals surface area contributed by atoms with Crippen molar-refractivity contribution in [1.29, 1.82) is 0 Å². The summed E-state index contributed by atoms with van der Waals surface area (Å²) in [6.45, 7) is 0. The van der Waals surface area contributed by atoms with Gasteiger partial charge in [0.05, 0.1) is 6.04 Å². The Bertz CT molecular complexity index is 625. The van der Waals surface area contributed by atoms with Crippen LogP contribution in [0.4, 0.5) is 4.39 Å². The maximum absolute atomic E-state index is 13.2. The molecule has 3 rings (SSSR count). The summed E-state index contributed by atoms with van der Waals surface area (Å²) in [7, 11) is 0. The lowest BCUT2D eigenvalue weighted by Gasteiger charge is -2.21. The van der Waals surface area contributed by atoms with Crippen LogP contribution in [0.15, 0.2) is 53.5 Å². The first kappa shape index (κ1) is 13.6. The van der Waals surface area contributed by atoms with Gasteiger partial charge in [-0.1, -0.05) is 36.4 Å². The molecular weight excluding hydrogens is 263 g/mol. The number of fused-ring (bicyclic) bond motifs is 1. The molecule has 0 radical (unpaired) electrons. The number of amidine groups is 1. The molecule has 4 heteroatoms. The molecular formula is C15H14ClFN2. The van der Waals surface area contributed by atoms with Gasteiger partial charge in [-0.05, 0) is 29.7 Å². The number of hydrogen-bond acceptors (Lipinski definition) is 2. The summed E-state index contributed by atoms with van der Waals surface area (Å²) >= 11 is 0. The van der Waals surface area contributed by atoms with Crippen LogP contribution >= 0.6 is 12.4 Å². The van der Waals surface area contributed by atoms with Gasteiger partial charge in [0.2, 0.25) is 0 Å². The first-order chi connectivity index (χ1) is 8.74. The van der Waals surface area contributed by atoms with E-state index in [0.29, 0.717) is 5.84 Å². The largest absolute Gasteiger partial charge is 0.383 e. The molecule has 1 aliphatic heterocycles. The molecule has 0 saturated carbocycles. The van der Waals surface area contributed by atoms with Crippen molar-refractivity contribution in [2.45, 2.75) is 12.5 Å². The summed E-state index contributed by atoms with van der Waals surface area (Å²) in [5.74, 6) is 0.297. The van der Waals surface area contributed by atoms with Crippen molar-refractivity contribution in [2.75, 3.05) is 0 Å². The predicted molar refractivity (Wildman–Crippen MR) is 77.3 cm³/mol. The first-order valence-electron chi connectivity index (χ1n) is 5.91. The zero-order valence-electron chi connectivity index (χ0n) is 10.2. The van der Waals surface area contributed by atoms with Gasteiger partial charge in [0.25, 0.3) is 0 Å². The van der Waals surface area contributed by atoms with Crippen LogP contribution in [0.2, 0.25) is 0 Å². The zero-order chi connectivity index (χ0) is 12.5. The molecule has 98 valence electrons. The molecule has 1 heterocycles. The van der Waals surface area contributed by atoms with Crippen LogP contribution in [0.25, 0.3) is 0 Å². The van der Waals surface area contributed by atoms with E-state index in [9.17, 15) is 4.39 Å². The Morgan fingerprint density at radius 2 is 1.89 bits per heavy atom. The Kier molecular flexibility index (Phi) is 3.86. The van der Waals surface area contributed by atoms with E-state index in [1.54, 1.807) is 6.07 Å². The maximum atomic E-state index is 13.2. The van der Waals surface area contributed by atoms with Gasteiger partial charge in [-0.25, -0.2) is 4.39 Å². The minimum Gasteiger partial charge on any atom is -0.383 e. The molecule has 1 aliphatic rings. The Morgan fingerprint density at radius 3 is 2.68 bits per heavy atom. The second-order valence-corrected chi connectivity index (χ2v) is 4.45. The lowest BCUT2D eigenvalue weighted by atomic mass is 9.92. The van der Waals surface area contributed by atoms with Crippen molar-refractivity contribution in [3.8, 4) is 0 Å². The average molecular weight is 277 g/mol. The zero-order valence-corrected chi connectivity index (χ0v) is 11.0. The van der Waals surface area contributed by atoms with E-state index in [1.807, 2.05) is 30.3 Å². The molecule has 0 spiro atoms. The molecule has 0 fully saturated rings. The molecule has 0 aliphatic carbocycles. The van der Waals surface area contributed by atoms with Crippen LogP contribution in [0.3, 0.4) is 0 Å². The van der Waals surface area contributed by atoms with Crippen LogP contribution in [0.5, 0.6) is 0 Å². The van der Waals surface area contributed by atoms with Crippen molar-refractivity contribution in [3.63, 3.8) is 0 Å². The fourth-order valence-electron chi connectivity index (χ4n) is 2.35. The van der Waals surface area contributed by atoms with Crippen molar-refractivity contribution in [2.24, 2.45) is 10.7 Å². The Morgan fingerprint density at radius 1 is 1.11 bits per heavy atom. The number of aliphatic imine (C=N–C) groups is 1. The Balaban J connectivity index is 0.00000133. The van der Waals surface area contributed by atoms with Crippen molar-refractivity contribution >= 4 is 18.2 Å². The van der Waals surface area contributed by atoms with Crippen LogP contribution in [0, 0.1) is 5.82 Å². The fourth-order valence-corrected chi connectivity index (χ4v) is 2.35. The topological polar surface area (TPSA) is 38.4 Å². The van der Waals surface area contributed by atoms with E-state index in [4.69, 9.17) is 5.73 Å². The van der Waals surface area contributed by atoms with Crippen LogP contribution in [0.1, 0.15) is 22.7 Å². The Hall–Kier alpha value is -1.87. The molecule has 19 heavy (non-hydrogen) atoms. The molecule has 0 aromatic heterocycles. The van der Waals surface area contributed by atoms with Gasteiger partial charge in [-0.15, -0.1) is 12.4 Å². The van der Waals surface area contributed by atoms with Gasteiger partial charge in [-0.2, -0.15) is 0 Å². The molecule has 1 atom stereocenters. The van der Waals surface area contributed by atoms with E-state index in [2.05, 4.69) is 4.99 Å². The van der Waals surface area contributed by atoms with Gasteiger partial charge >= 0.3 is 0 Å². The van der Waals surface area contributed by atoms with E-state index in [0.717, 1.165) is 17.5 Å². The summed E-state index contributed by atoms with van der Waals surface area (Å²) in [4.78, 5) is 4.46. The highest BCUT2D eigenvalue weighted by atomic mass is 35.5. The highest BCUT2D eigenvalue weighted by Gasteiger charge is 2.20. The maximum Gasteiger partial charge on any atom is 0.126 e. The summed E-state index contributed by atoms with van der Waals surface area (Å²) in [6.07, 6.45) is 0.764. The highest BCUT2D eigenvalue weighted by molar-refractivity contribution is 5.99. The molecule has 0 amide bonds. The van der Waals surface area contributed by atoms with Gasteiger partial charge < -0.3 is 5.73 Å². The Labute approximate surface area is 117 Å². The third-order valence-electron chi connectivity index (χ3n) is 3.23. The van der Waals surface area contributed by atoms with Crippen molar-refractivity contribution in [3.05, 3.63) is 71.0 Å². The monoisotopic (exact) mass is 276 g/mol. The van der Waals surface area contributed by atoms with Crippen molar-refractivity contribution in [1.82, 2.24) is 0 Å². The highest BCUT2D eigenvalue weighted by Crippen LogP contribution is 2.28. The van der Waals surface area contributed by atoms with Crippen LogP contribution < -0.4 is 5.73 Å². The number of hydrogen-bond donors (Lipinski definition) is 1. The van der Waals surface area contributed by atoms with Crippen LogP contribution in [-0.2, 0) is 6.42 Å². The van der Waals surface area contributed by atoms with E-state index >= 15 is 0 Å². The summed E-state index contributed by atoms with van der Waals surface area (Å²) in [6, 6.07) is 14.4. The van der Waals surface area contributed by atoms with Gasteiger partial charge in [0.1, 0.15) is 11.7 Å². The first-order valence-corrected chi connectivity index (χ1v) is 5.91. The minimum atomic E-state index is -0.236. The van der Waals surface area contributed by atoms with Crippen LogP contribution in [-0.4, -0.2) is 5.84 Å². The van der Waals surface area contributed by atoms with E-state index in [1.165, 1.54) is 17.7 Å². The minimum absolute atomic E-state index is 0. The molecule has 1 unspecified atom stereocenters. The number of nitrogens with zero attached hydrogens (tertiary/aromatic N) is 1. The SMILES string of the molecule is Cl.NC1=NC(c2cccc(F)c2)Cc2ccccc21. The normalized spacial score (nSPS) is 17.1. The van der Waals surface area contributed by atoms with Gasteiger partial charge in [0.15, 0.2) is 0 Å². The second-order valence-electron chi connectivity index (χ2n) is 4.45. The quantitative estimate of drug-likeness (QED) is 0.853. The predicted octanol–water partition coefficient (Wildman–Crippen LogP) is 3.25. The second kappa shape index (κ2) is 5.41. The van der Waals surface area contributed by atoms with E-state index < -0.39 is 0 Å². The summed E-state index contributed by atoms with van der Waals surface area (Å²) < 4.78 is 13.2. The number of rotatable bonds is 1. The standard InChI is InChI=1S/C15H13FN2.ClH/c16-12-6-3-5-11(8-12)14-9-10-4-1-2-7-13(10)15(17)18-14;/h1-8,14H,9H2,(H2,17,18);1H. The number of nitrogens with two attached hydrogens (primary N) is 1. The fraction of sp³-hybridized carbons (Fsp3) is 0.133.